The summed E-state index contributed by atoms with van der Waals surface area (Å²) >= 11 is 0. The van der Waals surface area contributed by atoms with Crippen LogP contribution in [0.5, 0.6) is 0 Å². The van der Waals surface area contributed by atoms with Crippen LogP contribution < -0.4 is 5.32 Å². The van der Waals surface area contributed by atoms with Crippen LogP contribution in [-0.2, 0) is 7.05 Å². The first-order valence-corrected chi connectivity index (χ1v) is 7.48. The molecule has 3 aromatic heterocycles. The summed E-state index contributed by atoms with van der Waals surface area (Å²) in [6.07, 6.45) is 5.40. The smallest absolute Gasteiger partial charge is 0.163 e. The molecular weight excluding hydrogens is 307 g/mol. The van der Waals surface area contributed by atoms with E-state index in [1.165, 1.54) is 12.1 Å². The quantitative estimate of drug-likeness (QED) is 0.630. The molecule has 0 spiro atoms. The molecule has 0 amide bonds. The molecule has 4 aromatic rings. The monoisotopic (exact) mass is 322 g/mol. The molecule has 1 aromatic carbocycles. The standard InChI is InChI=1S/C17H15FN6/c1-19-15-9-20-17-13(7-8-21-24(15)17)14-10-23(2)22-16(14)11-3-5-12(18)6-4-11/h3-10,19H,1-2H3. The van der Waals surface area contributed by atoms with Crippen molar-refractivity contribution in [3.05, 3.63) is 54.7 Å². The number of hydrogen-bond donors (Lipinski definition) is 1. The van der Waals surface area contributed by atoms with Crippen molar-refractivity contribution in [2.45, 2.75) is 0 Å². The highest BCUT2D eigenvalue weighted by Crippen LogP contribution is 2.33. The van der Waals surface area contributed by atoms with Crippen LogP contribution in [0.2, 0.25) is 0 Å². The topological polar surface area (TPSA) is 60.0 Å². The van der Waals surface area contributed by atoms with E-state index in [0.29, 0.717) is 0 Å². The van der Waals surface area contributed by atoms with Gasteiger partial charge < -0.3 is 5.32 Å². The van der Waals surface area contributed by atoms with Crippen molar-refractivity contribution in [1.82, 2.24) is 24.4 Å². The molecule has 0 aliphatic carbocycles. The summed E-state index contributed by atoms with van der Waals surface area (Å²) in [5.74, 6) is 0.536. The minimum absolute atomic E-state index is 0.269. The number of benzene rings is 1. The summed E-state index contributed by atoms with van der Waals surface area (Å²) in [6.45, 7) is 0. The van der Waals surface area contributed by atoms with Crippen molar-refractivity contribution in [2.24, 2.45) is 7.05 Å². The number of fused-ring (bicyclic) bond motifs is 1. The normalized spacial score (nSPS) is 11.1. The highest BCUT2D eigenvalue weighted by atomic mass is 19.1. The van der Waals surface area contributed by atoms with Crippen LogP contribution >= 0.6 is 0 Å². The second-order valence-electron chi connectivity index (χ2n) is 5.45. The summed E-state index contributed by atoms with van der Waals surface area (Å²) in [7, 11) is 3.69. The van der Waals surface area contributed by atoms with Gasteiger partial charge in [0.25, 0.3) is 0 Å². The minimum Gasteiger partial charge on any atom is -0.372 e. The van der Waals surface area contributed by atoms with E-state index in [-0.39, 0.29) is 5.82 Å². The zero-order chi connectivity index (χ0) is 16.7. The molecule has 0 saturated heterocycles. The van der Waals surface area contributed by atoms with Crippen molar-refractivity contribution in [1.29, 1.82) is 0 Å². The molecular formula is C17H15FN6. The van der Waals surface area contributed by atoms with Gasteiger partial charge in [0.2, 0.25) is 0 Å². The molecule has 24 heavy (non-hydrogen) atoms. The molecule has 0 bridgehead atoms. The third kappa shape index (κ3) is 2.21. The fraction of sp³-hybridized carbons (Fsp3) is 0.118. The van der Waals surface area contributed by atoms with E-state index in [4.69, 9.17) is 0 Å². The molecule has 4 rings (SSSR count). The lowest BCUT2D eigenvalue weighted by molar-refractivity contribution is 0.628. The number of nitrogens with zero attached hydrogens (tertiary/aromatic N) is 5. The lowest BCUT2D eigenvalue weighted by atomic mass is 10.0. The van der Waals surface area contributed by atoms with Crippen molar-refractivity contribution in [2.75, 3.05) is 12.4 Å². The Labute approximate surface area is 137 Å². The second-order valence-corrected chi connectivity index (χ2v) is 5.45. The minimum atomic E-state index is -0.269. The first-order valence-electron chi connectivity index (χ1n) is 7.48. The lowest BCUT2D eigenvalue weighted by Crippen LogP contribution is -1.98. The Balaban J connectivity index is 1.95. The summed E-state index contributed by atoms with van der Waals surface area (Å²) in [4.78, 5) is 4.46. The van der Waals surface area contributed by atoms with Gasteiger partial charge in [-0.25, -0.2) is 9.37 Å². The van der Waals surface area contributed by atoms with Crippen LogP contribution in [0.25, 0.3) is 28.0 Å². The SMILES string of the molecule is CNc1cnc2c(-c3cn(C)nc3-c3ccc(F)cc3)ccnn12. The maximum Gasteiger partial charge on any atom is 0.163 e. The average molecular weight is 322 g/mol. The fourth-order valence-electron chi connectivity index (χ4n) is 2.78. The molecule has 120 valence electrons. The average Bonchev–Trinajstić information content (AvgIpc) is 3.18. The highest BCUT2D eigenvalue weighted by molar-refractivity contribution is 5.87. The zero-order valence-electron chi connectivity index (χ0n) is 13.2. The van der Waals surface area contributed by atoms with Gasteiger partial charge in [0.1, 0.15) is 17.3 Å². The predicted molar refractivity (Wildman–Crippen MR) is 90.1 cm³/mol. The molecule has 0 aliphatic heterocycles. The number of rotatable bonds is 3. The number of aromatic nitrogens is 5. The van der Waals surface area contributed by atoms with Crippen molar-refractivity contribution in [3.63, 3.8) is 0 Å². The highest BCUT2D eigenvalue weighted by Gasteiger charge is 2.17. The Bertz CT molecular complexity index is 1020. The Kier molecular flexibility index (Phi) is 3.26. The molecule has 7 heteroatoms. The summed E-state index contributed by atoms with van der Waals surface area (Å²) < 4.78 is 16.7. The molecule has 0 unspecified atom stereocenters. The number of anilines is 1. The largest absolute Gasteiger partial charge is 0.372 e. The maximum atomic E-state index is 13.2. The van der Waals surface area contributed by atoms with Crippen LogP contribution in [0.1, 0.15) is 0 Å². The van der Waals surface area contributed by atoms with Crippen LogP contribution in [0.3, 0.4) is 0 Å². The molecule has 0 aliphatic rings. The Morgan fingerprint density at radius 1 is 1.08 bits per heavy atom. The number of imidazole rings is 1. The molecule has 6 nitrogen and oxygen atoms in total. The van der Waals surface area contributed by atoms with Crippen LogP contribution in [0, 0.1) is 5.82 Å². The molecule has 1 N–H and O–H groups in total. The molecule has 0 saturated carbocycles. The third-order valence-electron chi connectivity index (χ3n) is 3.89. The molecule has 0 radical (unpaired) electrons. The van der Waals surface area contributed by atoms with E-state index in [1.807, 2.05) is 26.4 Å². The van der Waals surface area contributed by atoms with Crippen LogP contribution in [0.15, 0.2) is 48.9 Å². The van der Waals surface area contributed by atoms with Gasteiger partial charge in [-0.05, 0) is 30.3 Å². The maximum absolute atomic E-state index is 13.2. The number of halogens is 1. The fourth-order valence-corrected chi connectivity index (χ4v) is 2.78. The zero-order valence-corrected chi connectivity index (χ0v) is 13.2. The van der Waals surface area contributed by atoms with Crippen molar-refractivity contribution >= 4 is 11.5 Å². The summed E-state index contributed by atoms with van der Waals surface area (Å²) in [5, 5.41) is 11.9. The first kappa shape index (κ1) is 14.4. The van der Waals surface area contributed by atoms with Gasteiger partial charge in [0, 0.05) is 43.2 Å². The van der Waals surface area contributed by atoms with Gasteiger partial charge in [-0.15, -0.1) is 0 Å². The number of aryl methyl sites for hydroxylation is 1. The van der Waals surface area contributed by atoms with E-state index in [1.54, 1.807) is 33.7 Å². The van der Waals surface area contributed by atoms with Crippen molar-refractivity contribution in [3.8, 4) is 22.4 Å². The number of hydrogen-bond acceptors (Lipinski definition) is 4. The van der Waals surface area contributed by atoms with Gasteiger partial charge in [-0.3, -0.25) is 4.68 Å². The Morgan fingerprint density at radius 2 is 1.88 bits per heavy atom. The first-order chi connectivity index (χ1) is 11.7. The van der Waals surface area contributed by atoms with Crippen molar-refractivity contribution < 1.29 is 4.39 Å². The van der Waals surface area contributed by atoms with E-state index in [0.717, 1.165) is 33.8 Å². The Hall–Kier alpha value is -3.22. The van der Waals surface area contributed by atoms with Crippen LogP contribution in [0.4, 0.5) is 10.2 Å². The van der Waals surface area contributed by atoms with E-state index in [2.05, 4.69) is 20.5 Å². The Morgan fingerprint density at radius 3 is 2.62 bits per heavy atom. The molecule has 0 atom stereocenters. The van der Waals surface area contributed by atoms with Gasteiger partial charge in [0.05, 0.1) is 6.20 Å². The summed E-state index contributed by atoms with van der Waals surface area (Å²) in [6, 6.07) is 8.23. The predicted octanol–water partition coefficient (Wildman–Crippen LogP) is 2.98. The second kappa shape index (κ2) is 5.45. The van der Waals surface area contributed by atoms with E-state index >= 15 is 0 Å². The van der Waals surface area contributed by atoms with Gasteiger partial charge in [-0.2, -0.15) is 14.7 Å². The van der Waals surface area contributed by atoms with Gasteiger partial charge in [0.15, 0.2) is 5.65 Å². The van der Waals surface area contributed by atoms with E-state index < -0.39 is 0 Å². The summed E-state index contributed by atoms with van der Waals surface area (Å²) in [5.41, 5.74) is 4.20. The number of nitrogens with one attached hydrogen (secondary N) is 1. The van der Waals surface area contributed by atoms with Gasteiger partial charge in [-0.1, -0.05) is 0 Å². The van der Waals surface area contributed by atoms with E-state index in [9.17, 15) is 4.39 Å². The molecule has 3 heterocycles. The third-order valence-corrected chi connectivity index (χ3v) is 3.89. The van der Waals surface area contributed by atoms with Crippen LogP contribution in [-0.4, -0.2) is 31.4 Å². The van der Waals surface area contributed by atoms with Gasteiger partial charge >= 0.3 is 0 Å². The molecule has 0 fully saturated rings. The lowest BCUT2D eigenvalue weighted by Gasteiger charge is -2.05.